The summed E-state index contributed by atoms with van der Waals surface area (Å²) in [5.41, 5.74) is 1.80. The van der Waals surface area contributed by atoms with Gasteiger partial charge in [0.05, 0.1) is 5.25 Å². The van der Waals surface area contributed by atoms with Crippen LogP contribution < -0.4 is 5.32 Å². The first-order valence-electron chi connectivity index (χ1n) is 7.44. The molecule has 2 rings (SSSR count). The van der Waals surface area contributed by atoms with Crippen molar-refractivity contribution in [3.8, 4) is 0 Å². The second kappa shape index (κ2) is 6.44. The maximum atomic E-state index is 13.6. The quantitative estimate of drug-likeness (QED) is 0.929. The van der Waals surface area contributed by atoms with Crippen LogP contribution in [0.15, 0.2) is 18.2 Å². The third kappa shape index (κ3) is 4.04. The van der Waals surface area contributed by atoms with Gasteiger partial charge in [-0.1, -0.05) is 12.5 Å². The average Bonchev–Trinajstić information content (AvgIpc) is 2.38. The van der Waals surface area contributed by atoms with E-state index in [2.05, 4.69) is 5.32 Å². The van der Waals surface area contributed by atoms with Crippen molar-refractivity contribution in [2.45, 2.75) is 43.9 Å². The van der Waals surface area contributed by atoms with Crippen LogP contribution in [0.2, 0.25) is 0 Å². The first-order valence-corrected chi connectivity index (χ1v) is 9.40. The Balaban J connectivity index is 2.24. The van der Waals surface area contributed by atoms with Crippen molar-refractivity contribution in [2.75, 3.05) is 13.3 Å². The molecule has 0 aromatic heterocycles. The van der Waals surface area contributed by atoms with E-state index in [1.165, 1.54) is 12.3 Å². The fraction of sp³-hybridized carbons (Fsp3) is 0.625. The number of aryl methyl sites for hydroxylation is 1. The third-order valence-corrected chi connectivity index (χ3v) is 6.12. The largest absolute Gasteiger partial charge is 0.313 e. The van der Waals surface area contributed by atoms with Crippen LogP contribution in [0.3, 0.4) is 0 Å². The molecule has 1 aliphatic carbocycles. The van der Waals surface area contributed by atoms with Crippen molar-refractivity contribution < 1.29 is 12.8 Å². The summed E-state index contributed by atoms with van der Waals surface area (Å²) in [7, 11) is -1.14. The number of sulfone groups is 1. The normalized spacial score (nSPS) is 24.8. The van der Waals surface area contributed by atoms with Gasteiger partial charge < -0.3 is 5.32 Å². The molecule has 1 aromatic rings. The number of benzene rings is 1. The fourth-order valence-corrected chi connectivity index (χ4v) is 4.68. The highest BCUT2D eigenvalue weighted by Gasteiger charge is 2.33. The molecule has 0 amide bonds. The van der Waals surface area contributed by atoms with Crippen molar-refractivity contribution >= 4 is 9.84 Å². The van der Waals surface area contributed by atoms with Crippen LogP contribution in [0.5, 0.6) is 0 Å². The van der Waals surface area contributed by atoms with Gasteiger partial charge in [-0.25, -0.2) is 12.8 Å². The van der Waals surface area contributed by atoms with E-state index in [1.54, 1.807) is 6.07 Å². The predicted molar refractivity (Wildman–Crippen MR) is 83.5 cm³/mol. The molecule has 21 heavy (non-hydrogen) atoms. The summed E-state index contributed by atoms with van der Waals surface area (Å²) in [5.74, 6) is -0.00889. The smallest absolute Gasteiger partial charge is 0.150 e. The van der Waals surface area contributed by atoms with Gasteiger partial charge in [0.1, 0.15) is 15.7 Å². The molecule has 1 saturated carbocycles. The minimum atomic E-state index is -3.00. The first-order chi connectivity index (χ1) is 9.81. The lowest BCUT2D eigenvalue weighted by molar-refractivity contribution is 0.282. The molecular weight excluding hydrogens is 289 g/mol. The molecule has 1 N–H and O–H groups in total. The van der Waals surface area contributed by atoms with E-state index in [0.29, 0.717) is 6.42 Å². The topological polar surface area (TPSA) is 46.2 Å². The molecular formula is C16H24FNO2S. The van der Waals surface area contributed by atoms with Gasteiger partial charge in [-0.15, -0.1) is 0 Å². The average molecular weight is 313 g/mol. The Hall–Kier alpha value is -0.940. The van der Waals surface area contributed by atoms with Gasteiger partial charge >= 0.3 is 0 Å². The zero-order valence-electron chi connectivity index (χ0n) is 12.9. The van der Waals surface area contributed by atoms with E-state index in [-0.39, 0.29) is 23.0 Å². The van der Waals surface area contributed by atoms with Crippen LogP contribution in [0.1, 0.15) is 42.9 Å². The SMILES string of the molecule is CNC(c1cc(C)cc(F)c1)C1CCCC(S(C)(=O)=O)C1. The second-order valence-electron chi connectivity index (χ2n) is 6.21. The highest BCUT2D eigenvalue weighted by molar-refractivity contribution is 7.91. The zero-order valence-corrected chi connectivity index (χ0v) is 13.7. The first kappa shape index (κ1) is 16.4. The molecule has 0 heterocycles. The van der Waals surface area contributed by atoms with Crippen molar-refractivity contribution in [2.24, 2.45) is 5.92 Å². The van der Waals surface area contributed by atoms with Crippen LogP contribution in [-0.2, 0) is 9.84 Å². The van der Waals surface area contributed by atoms with Crippen molar-refractivity contribution in [3.05, 3.63) is 35.1 Å². The van der Waals surface area contributed by atoms with E-state index in [4.69, 9.17) is 0 Å². The molecule has 0 spiro atoms. The van der Waals surface area contributed by atoms with Crippen molar-refractivity contribution in [3.63, 3.8) is 0 Å². The molecule has 0 saturated heterocycles. The van der Waals surface area contributed by atoms with Gasteiger partial charge in [-0.05, 0) is 62.4 Å². The summed E-state index contributed by atoms with van der Waals surface area (Å²) >= 11 is 0. The predicted octanol–water partition coefficient (Wildman–Crippen LogP) is 3.00. The lowest BCUT2D eigenvalue weighted by Gasteiger charge is -2.34. The van der Waals surface area contributed by atoms with Crippen LogP contribution in [0.25, 0.3) is 0 Å². The lowest BCUT2D eigenvalue weighted by atomic mass is 9.80. The molecule has 5 heteroatoms. The minimum absolute atomic E-state index is 0.00366. The maximum absolute atomic E-state index is 13.6. The third-order valence-electron chi connectivity index (χ3n) is 4.48. The number of nitrogens with one attached hydrogen (secondary N) is 1. The summed E-state index contributed by atoms with van der Waals surface area (Å²) in [4.78, 5) is 0. The van der Waals surface area contributed by atoms with Gasteiger partial charge in [-0.3, -0.25) is 0 Å². The van der Waals surface area contributed by atoms with Crippen LogP contribution >= 0.6 is 0 Å². The van der Waals surface area contributed by atoms with Gasteiger partial charge in [0.25, 0.3) is 0 Å². The lowest BCUT2D eigenvalue weighted by Crippen LogP contribution is -2.34. The Kier molecular flexibility index (Phi) is 5.04. The Labute approximate surface area is 126 Å². The molecule has 3 unspecified atom stereocenters. The summed E-state index contributed by atoms with van der Waals surface area (Å²) in [6.07, 6.45) is 4.61. The van der Waals surface area contributed by atoms with E-state index < -0.39 is 9.84 Å². The van der Waals surface area contributed by atoms with E-state index in [9.17, 15) is 12.8 Å². The van der Waals surface area contributed by atoms with Crippen molar-refractivity contribution in [1.82, 2.24) is 5.32 Å². The summed E-state index contributed by atoms with van der Waals surface area (Å²) in [5, 5.41) is 2.99. The summed E-state index contributed by atoms with van der Waals surface area (Å²) in [6, 6.07) is 5.05. The number of halogens is 1. The molecule has 0 radical (unpaired) electrons. The fourth-order valence-electron chi connectivity index (χ4n) is 3.49. The van der Waals surface area contributed by atoms with Crippen LogP contribution in [-0.4, -0.2) is 27.0 Å². The van der Waals surface area contributed by atoms with E-state index in [0.717, 1.165) is 30.4 Å². The number of hydrogen-bond donors (Lipinski definition) is 1. The molecule has 3 nitrogen and oxygen atoms in total. The molecule has 1 fully saturated rings. The second-order valence-corrected chi connectivity index (χ2v) is 8.53. The Bertz CT molecular complexity index is 580. The molecule has 1 aliphatic rings. The molecule has 3 atom stereocenters. The molecule has 0 bridgehead atoms. The van der Waals surface area contributed by atoms with Crippen LogP contribution in [0, 0.1) is 18.7 Å². The standard InChI is InChI=1S/C16H24FNO2S/c1-11-7-13(9-14(17)8-11)16(18-2)12-5-4-6-15(10-12)21(3,19)20/h7-9,12,15-16,18H,4-6,10H2,1-3H3. The zero-order chi connectivity index (χ0) is 15.6. The Morgan fingerprint density at radius 1 is 1.29 bits per heavy atom. The van der Waals surface area contributed by atoms with Gasteiger partial charge in [-0.2, -0.15) is 0 Å². The molecule has 118 valence electrons. The molecule has 0 aliphatic heterocycles. The van der Waals surface area contributed by atoms with Gasteiger partial charge in [0, 0.05) is 12.3 Å². The highest BCUT2D eigenvalue weighted by Crippen LogP contribution is 2.37. The number of rotatable bonds is 4. The van der Waals surface area contributed by atoms with E-state index in [1.807, 2.05) is 20.0 Å². The number of hydrogen-bond acceptors (Lipinski definition) is 3. The maximum Gasteiger partial charge on any atom is 0.150 e. The van der Waals surface area contributed by atoms with Gasteiger partial charge in [0.2, 0.25) is 0 Å². The Morgan fingerprint density at radius 3 is 2.57 bits per heavy atom. The van der Waals surface area contributed by atoms with Crippen LogP contribution in [0.4, 0.5) is 4.39 Å². The summed E-state index contributed by atoms with van der Waals surface area (Å²) < 4.78 is 37.2. The van der Waals surface area contributed by atoms with E-state index >= 15 is 0 Å². The van der Waals surface area contributed by atoms with Crippen molar-refractivity contribution in [1.29, 1.82) is 0 Å². The highest BCUT2D eigenvalue weighted by atomic mass is 32.2. The molecule has 1 aromatic carbocycles. The summed E-state index contributed by atoms with van der Waals surface area (Å²) in [6.45, 7) is 1.87. The monoisotopic (exact) mass is 313 g/mol. The minimum Gasteiger partial charge on any atom is -0.313 e. The van der Waals surface area contributed by atoms with Gasteiger partial charge in [0.15, 0.2) is 0 Å². The Morgan fingerprint density at radius 2 is 2.00 bits per heavy atom.